The molecule has 1 aliphatic rings. The molecule has 0 bridgehead atoms. The molecule has 1 saturated heterocycles. The normalized spacial score (nSPS) is 16.6. The molecule has 3 aromatic rings. The third kappa shape index (κ3) is 5.18. The number of aryl methyl sites for hydroxylation is 1. The summed E-state index contributed by atoms with van der Waals surface area (Å²) in [6, 6.07) is 20.1. The molecule has 1 amide bonds. The number of piperidine rings is 1. The molecule has 29 heavy (non-hydrogen) atoms. The third-order valence-electron chi connectivity index (χ3n) is 5.31. The predicted molar refractivity (Wildman–Crippen MR) is 117 cm³/mol. The minimum absolute atomic E-state index is 0.115. The Morgan fingerprint density at radius 1 is 1.17 bits per heavy atom. The minimum atomic E-state index is 0.115. The molecule has 1 aromatic heterocycles. The van der Waals surface area contributed by atoms with E-state index in [4.69, 9.17) is 11.6 Å². The van der Waals surface area contributed by atoms with Crippen LogP contribution in [0.1, 0.15) is 24.8 Å². The number of nitrogens with zero attached hydrogens (tertiary/aromatic N) is 2. The van der Waals surface area contributed by atoms with Gasteiger partial charge >= 0.3 is 0 Å². The van der Waals surface area contributed by atoms with E-state index in [0.717, 1.165) is 54.4 Å². The number of nitrogens with one attached hydrogen (secondary N) is 2. The molecule has 1 unspecified atom stereocenters. The van der Waals surface area contributed by atoms with Gasteiger partial charge in [0.1, 0.15) is 0 Å². The smallest absolute Gasteiger partial charge is 0.220 e. The van der Waals surface area contributed by atoms with Gasteiger partial charge in [-0.3, -0.25) is 9.89 Å². The van der Waals surface area contributed by atoms with Crippen LogP contribution in [0.5, 0.6) is 0 Å². The summed E-state index contributed by atoms with van der Waals surface area (Å²) in [6.45, 7) is 1.73. The lowest BCUT2D eigenvalue weighted by Crippen LogP contribution is -2.48. The number of hydrogen-bond acceptors (Lipinski definition) is 3. The van der Waals surface area contributed by atoms with Crippen molar-refractivity contribution in [3.8, 4) is 11.3 Å². The van der Waals surface area contributed by atoms with Crippen LogP contribution < -0.4 is 10.2 Å². The van der Waals surface area contributed by atoms with E-state index in [2.05, 4.69) is 38.6 Å². The second-order valence-corrected chi connectivity index (χ2v) is 7.92. The van der Waals surface area contributed by atoms with Gasteiger partial charge in [0, 0.05) is 36.6 Å². The fourth-order valence-electron chi connectivity index (χ4n) is 3.76. The summed E-state index contributed by atoms with van der Waals surface area (Å²) in [5, 5.41) is 11.5. The summed E-state index contributed by atoms with van der Waals surface area (Å²) in [4.78, 5) is 14.6. The number of halogens is 1. The SMILES string of the molecule is O=C(CCc1ccccc1)NC1CCCN(c2cc(-c3ccc(Cl)cc3)[nH]n2)C1. The first-order valence-corrected chi connectivity index (χ1v) is 10.4. The Morgan fingerprint density at radius 2 is 1.97 bits per heavy atom. The molecule has 0 radical (unpaired) electrons. The molecule has 2 aromatic carbocycles. The zero-order chi connectivity index (χ0) is 20.1. The molecule has 150 valence electrons. The lowest BCUT2D eigenvalue weighted by atomic mass is 10.0. The van der Waals surface area contributed by atoms with Crippen LogP contribution in [0.15, 0.2) is 60.7 Å². The van der Waals surface area contributed by atoms with Crippen molar-refractivity contribution in [3.63, 3.8) is 0 Å². The number of amides is 1. The zero-order valence-electron chi connectivity index (χ0n) is 16.3. The fraction of sp³-hybridized carbons (Fsp3) is 0.304. The number of rotatable bonds is 6. The minimum Gasteiger partial charge on any atom is -0.353 e. The Morgan fingerprint density at radius 3 is 2.76 bits per heavy atom. The lowest BCUT2D eigenvalue weighted by molar-refractivity contribution is -0.121. The van der Waals surface area contributed by atoms with Crippen molar-refractivity contribution < 1.29 is 4.79 Å². The Balaban J connectivity index is 1.32. The van der Waals surface area contributed by atoms with E-state index >= 15 is 0 Å². The number of aromatic nitrogens is 2. The van der Waals surface area contributed by atoms with Gasteiger partial charge in [0.05, 0.1) is 5.69 Å². The number of hydrogen-bond donors (Lipinski definition) is 2. The highest BCUT2D eigenvalue weighted by molar-refractivity contribution is 6.30. The van der Waals surface area contributed by atoms with Crippen LogP contribution in [0.3, 0.4) is 0 Å². The lowest BCUT2D eigenvalue weighted by Gasteiger charge is -2.33. The van der Waals surface area contributed by atoms with E-state index in [9.17, 15) is 4.79 Å². The van der Waals surface area contributed by atoms with Gasteiger partial charge in [-0.2, -0.15) is 5.10 Å². The van der Waals surface area contributed by atoms with Gasteiger partial charge < -0.3 is 10.2 Å². The molecule has 5 nitrogen and oxygen atoms in total. The topological polar surface area (TPSA) is 61.0 Å². The van der Waals surface area contributed by atoms with Crippen molar-refractivity contribution in [1.29, 1.82) is 0 Å². The molecule has 1 aliphatic heterocycles. The summed E-state index contributed by atoms with van der Waals surface area (Å²) in [6.07, 6.45) is 3.32. The summed E-state index contributed by atoms with van der Waals surface area (Å²) < 4.78 is 0. The monoisotopic (exact) mass is 408 g/mol. The molecule has 2 heterocycles. The Hall–Kier alpha value is -2.79. The average molecular weight is 409 g/mol. The first kappa shape index (κ1) is 19.5. The fourth-order valence-corrected chi connectivity index (χ4v) is 3.88. The van der Waals surface area contributed by atoms with Crippen molar-refractivity contribution >= 4 is 23.3 Å². The van der Waals surface area contributed by atoms with Crippen molar-refractivity contribution in [2.45, 2.75) is 31.7 Å². The molecule has 0 saturated carbocycles. The van der Waals surface area contributed by atoms with E-state index < -0.39 is 0 Å². The second kappa shape index (κ2) is 9.14. The third-order valence-corrected chi connectivity index (χ3v) is 5.57. The van der Waals surface area contributed by atoms with Gasteiger partial charge in [-0.1, -0.05) is 54.1 Å². The predicted octanol–water partition coefficient (Wildman–Crippen LogP) is 4.45. The Bertz CT molecular complexity index is 939. The maximum absolute atomic E-state index is 12.4. The molecule has 2 N–H and O–H groups in total. The highest BCUT2D eigenvalue weighted by Gasteiger charge is 2.23. The van der Waals surface area contributed by atoms with Crippen LogP contribution in [-0.4, -0.2) is 35.2 Å². The van der Waals surface area contributed by atoms with Gasteiger partial charge in [-0.25, -0.2) is 0 Å². The number of H-pyrrole nitrogens is 1. The summed E-state index contributed by atoms with van der Waals surface area (Å²) >= 11 is 5.97. The van der Waals surface area contributed by atoms with E-state index in [1.807, 2.05) is 42.5 Å². The number of carbonyl (C=O) groups is 1. The van der Waals surface area contributed by atoms with Crippen LogP contribution in [0.2, 0.25) is 5.02 Å². The maximum atomic E-state index is 12.4. The van der Waals surface area contributed by atoms with Crippen LogP contribution in [0.4, 0.5) is 5.82 Å². The number of benzene rings is 2. The highest BCUT2D eigenvalue weighted by atomic mass is 35.5. The van der Waals surface area contributed by atoms with Crippen molar-refractivity contribution in [2.75, 3.05) is 18.0 Å². The molecule has 4 rings (SSSR count). The maximum Gasteiger partial charge on any atom is 0.220 e. The zero-order valence-corrected chi connectivity index (χ0v) is 17.0. The van der Waals surface area contributed by atoms with E-state index in [1.54, 1.807) is 0 Å². The first-order valence-electron chi connectivity index (χ1n) is 10.1. The number of aromatic amines is 1. The van der Waals surface area contributed by atoms with E-state index in [1.165, 1.54) is 5.56 Å². The van der Waals surface area contributed by atoms with Crippen LogP contribution >= 0.6 is 11.6 Å². The average Bonchev–Trinajstić information content (AvgIpc) is 3.24. The Labute approximate surface area is 176 Å². The van der Waals surface area contributed by atoms with Crippen molar-refractivity contribution in [3.05, 3.63) is 71.2 Å². The van der Waals surface area contributed by atoms with Crippen molar-refractivity contribution in [2.24, 2.45) is 0 Å². The molecular formula is C23H25ClN4O. The van der Waals surface area contributed by atoms with Gasteiger partial charge in [-0.15, -0.1) is 0 Å². The van der Waals surface area contributed by atoms with Crippen LogP contribution in [-0.2, 0) is 11.2 Å². The second-order valence-electron chi connectivity index (χ2n) is 7.48. The van der Waals surface area contributed by atoms with Crippen molar-refractivity contribution in [1.82, 2.24) is 15.5 Å². The standard InChI is InChI=1S/C23H25ClN4O/c24-19-11-9-18(10-12-19)21-15-22(27-26-21)28-14-4-7-20(16-28)25-23(29)13-8-17-5-2-1-3-6-17/h1-3,5-6,9-12,15,20H,4,7-8,13-14,16H2,(H,25,29)(H,26,27). The van der Waals surface area contributed by atoms with Gasteiger partial charge in [0.15, 0.2) is 5.82 Å². The largest absolute Gasteiger partial charge is 0.353 e. The summed E-state index contributed by atoms with van der Waals surface area (Å²) in [7, 11) is 0. The number of anilines is 1. The van der Waals surface area contributed by atoms with Gasteiger partial charge in [-0.05, 0) is 42.5 Å². The molecule has 1 atom stereocenters. The molecule has 6 heteroatoms. The summed E-state index contributed by atoms with van der Waals surface area (Å²) in [5.74, 6) is 1.03. The Kier molecular flexibility index (Phi) is 6.15. The molecule has 0 aliphatic carbocycles. The van der Waals surface area contributed by atoms with Crippen LogP contribution in [0, 0.1) is 0 Å². The summed E-state index contributed by atoms with van der Waals surface area (Å²) in [5.41, 5.74) is 3.21. The van der Waals surface area contributed by atoms with E-state index in [0.29, 0.717) is 6.42 Å². The first-order chi connectivity index (χ1) is 14.2. The molecule has 1 fully saturated rings. The molecular weight excluding hydrogens is 384 g/mol. The highest BCUT2D eigenvalue weighted by Crippen LogP contribution is 2.25. The number of carbonyl (C=O) groups excluding carboxylic acids is 1. The molecule has 0 spiro atoms. The van der Waals surface area contributed by atoms with Gasteiger partial charge in [0.2, 0.25) is 5.91 Å². The van der Waals surface area contributed by atoms with Crippen LogP contribution in [0.25, 0.3) is 11.3 Å². The van der Waals surface area contributed by atoms with E-state index in [-0.39, 0.29) is 11.9 Å². The van der Waals surface area contributed by atoms with Gasteiger partial charge in [0.25, 0.3) is 0 Å². The quantitative estimate of drug-likeness (QED) is 0.633.